The number of carbonyl (C=O) groups is 2. The number of nitrogens with zero attached hydrogens (tertiary/aromatic N) is 3. The lowest BCUT2D eigenvalue weighted by molar-refractivity contribution is -0.139. The number of benzene rings is 3. The smallest absolute Gasteiger partial charge is 0.251 e. The van der Waals surface area contributed by atoms with Crippen LogP contribution in [0.3, 0.4) is 0 Å². The number of fused-ring (bicyclic) bond motifs is 4. The Bertz CT molecular complexity index is 1680. The van der Waals surface area contributed by atoms with E-state index in [1.165, 1.54) is 29.3 Å². The summed E-state index contributed by atoms with van der Waals surface area (Å²) < 4.78 is -1.13. The first-order valence-corrected chi connectivity index (χ1v) is 15.9. The van der Waals surface area contributed by atoms with Crippen molar-refractivity contribution in [1.29, 1.82) is 0 Å². The molecular weight excluding hydrogens is 540 g/mol. The van der Waals surface area contributed by atoms with Gasteiger partial charge in [0.2, 0.25) is 5.91 Å². The molecule has 8 rings (SSSR count). The number of aliphatic imine (C=N–C) groups is 1. The van der Waals surface area contributed by atoms with Crippen LogP contribution >= 0.6 is 11.8 Å². The van der Waals surface area contributed by atoms with Gasteiger partial charge in [0.15, 0.2) is 10.7 Å². The third-order valence-electron chi connectivity index (χ3n) is 10.1. The predicted molar refractivity (Wildman–Crippen MR) is 167 cm³/mol. The van der Waals surface area contributed by atoms with Gasteiger partial charge < -0.3 is 5.32 Å². The molecule has 2 spiro atoms. The lowest BCUT2D eigenvalue weighted by Crippen LogP contribution is -2.62. The van der Waals surface area contributed by atoms with Crippen molar-refractivity contribution in [1.82, 2.24) is 9.80 Å². The van der Waals surface area contributed by atoms with Crippen LogP contribution in [0.25, 0.3) is 0 Å². The van der Waals surface area contributed by atoms with Gasteiger partial charge in [-0.15, -0.1) is 0 Å². The minimum absolute atomic E-state index is 0.0160. The summed E-state index contributed by atoms with van der Waals surface area (Å²) in [6, 6.07) is 26.6. The van der Waals surface area contributed by atoms with E-state index in [-0.39, 0.29) is 23.8 Å². The monoisotopic (exact) mass is 574 g/mol. The Morgan fingerprint density at radius 1 is 0.881 bits per heavy atom. The zero-order chi connectivity index (χ0) is 28.6. The maximum atomic E-state index is 15.6. The van der Waals surface area contributed by atoms with Crippen molar-refractivity contribution in [2.75, 3.05) is 18.9 Å². The average Bonchev–Trinajstić information content (AvgIpc) is 3.47. The first-order chi connectivity index (χ1) is 20.5. The van der Waals surface area contributed by atoms with Crippen LogP contribution in [0.2, 0.25) is 0 Å². The van der Waals surface area contributed by atoms with Crippen molar-refractivity contribution >= 4 is 34.4 Å². The highest BCUT2D eigenvalue weighted by Gasteiger charge is 2.78. The number of amidine groups is 1. The second-order valence-electron chi connectivity index (χ2n) is 12.3. The minimum Gasteiger partial charge on any atom is -0.324 e. The second-order valence-corrected chi connectivity index (χ2v) is 13.5. The number of thioether (sulfide) groups is 1. The molecule has 0 aromatic heterocycles. The average molecular weight is 575 g/mol. The van der Waals surface area contributed by atoms with Gasteiger partial charge in [0.05, 0.1) is 6.04 Å². The molecule has 0 unspecified atom stereocenters. The standard InChI is InChI=1S/C35H34N4O2S/c1-22-17-19-23(20-18-22)27-21-38(2)34(26-14-9-10-16-29(26)36-31(34)40)35(27)32(41)39-30(24-11-5-3-6-12-24)25-13-7-4-8-15-28(25)37-33(39)42-35/h3,5-6,9-12,14,16-20,27,30H,4,7-8,13,15,21H2,1-2H3,(H,36,40)/t27-,30-,34+,35-/m0/s1. The summed E-state index contributed by atoms with van der Waals surface area (Å²) in [7, 11) is 2.01. The molecule has 4 aliphatic heterocycles. The number of hydrogen-bond donors (Lipinski definition) is 1. The molecule has 2 fully saturated rings. The fraction of sp³-hybridized carbons (Fsp3) is 0.343. The highest BCUT2D eigenvalue weighted by atomic mass is 32.2. The van der Waals surface area contributed by atoms with Crippen LogP contribution in [-0.4, -0.2) is 45.1 Å². The summed E-state index contributed by atoms with van der Waals surface area (Å²) in [5, 5.41) is 3.92. The first-order valence-electron chi connectivity index (χ1n) is 15.0. The van der Waals surface area contributed by atoms with E-state index in [4.69, 9.17) is 4.99 Å². The Hall–Kier alpha value is -3.68. The number of amides is 2. The van der Waals surface area contributed by atoms with Gasteiger partial charge in [-0.2, -0.15) is 0 Å². The molecule has 0 bridgehead atoms. The van der Waals surface area contributed by atoms with E-state index in [1.807, 2.05) is 42.3 Å². The molecule has 3 aromatic rings. The Morgan fingerprint density at radius 3 is 2.43 bits per heavy atom. The zero-order valence-corrected chi connectivity index (χ0v) is 24.8. The maximum absolute atomic E-state index is 15.6. The topological polar surface area (TPSA) is 65.0 Å². The number of hydrogen-bond acceptors (Lipinski definition) is 5. The van der Waals surface area contributed by atoms with Crippen LogP contribution < -0.4 is 5.32 Å². The summed E-state index contributed by atoms with van der Waals surface area (Å²) in [5.74, 6) is -0.368. The summed E-state index contributed by atoms with van der Waals surface area (Å²) in [6.45, 7) is 2.66. The van der Waals surface area contributed by atoms with E-state index >= 15 is 4.79 Å². The van der Waals surface area contributed by atoms with E-state index < -0.39 is 10.3 Å². The summed E-state index contributed by atoms with van der Waals surface area (Å²) in [6.07, 6.45) is 5.23. The molecule has 42 heavy (non-hydrogen) atoms. The summed E-state index contributed by atoms with van der Waals surface area (Å²) in [4.78, 5) is 39.5. The normalized spacial score (nSPS) is 30.3. The van der Waals surface area contributed by atoms with E-state index in [1.54, 1.807) is 0 Å². The largest absolute Gasteiger partial charge is 0.324 e. The maximum Gasteiger partial charge on any atom is 0.251 e. The van der Waals surface area contributed by atoms with Gasteiger partial charge in [0, 0.05) is 29.4 Å². The number of aryl methyl sites for hydroxylation is 1. The van der Waals surface area contributed by atoms with E-state index in [0.29, 0.717) is 6.54 Å². The summed E-state index contributed by atoms with van der Waals surface area (Å²) in [5.41, 5.74) is 6.22. The molecule has 7 heteroatoms. The fourth-order valence-electron chi connectivity index (χ4n) is 8.23. The van der Waals surface area contributed by atoms with Gasteiger partial charge in [-0.25, -0.2) is 4.99 Å². The number of likely N-dealkylation sites (tertiary alicyclic amines) is 1. The molecule has 1 N–H and O–H groups in total. The molecular formula is C35H34N4O2S. The minimum atomic E-state index is -1.18. The number of carbonyl (C=O) groups excluding carboxylic acids is 2. The highest BCUT2D eigenvalue weighted by Crippen LogP contribution is 2.67. The van der Waals surface area contributed by atoms with Crippen LogP contribution in [-0.2, 0) is 15.1 Å². The van der Waals surface area contributed by atoms with Crippen LogP contribution in [0.5, 0.6) is 0 Å². The second kappa shape index (κ2) is 9.41. The third-order valence-corrected chi connectivity index (χ3v) is 11.6. The Morgan fingerprint density at radius 2 is 1.62 bits per heavy atom. The van der Waals surface area contributed by atoms with Crippen LogP contribution in [0.15, 0.2) is 95.1 Å². The van der Waals surface area contributed by atoms with Gasteiger partial charge in [0.25, 0.3) is 5.91 Å². The molecule has 6 nitrogen and oxygen atoms in total. The first kappa shape index (κ1) is 26.0. The third kappa shape index (κ3) is 3.29. The van der Waals surface area contributed by atoms with E-state index in [0.717, 1.165) is 58.9 Å². The number of anilines is 1. The van der Waals surface area contributed by atoms with Crippen LogP contribution in [0, 0.1) is 6.92 Å². The van der Waals surface area contributed by atoms with Crippen LogP contribution in [0.4, 0.5) is 5.69 Å². The fourth-order valence-corrected chi connectivity index (χ4v) is 10.0. The van der Waals surface area contributed by atoms with Crippen molar-refractivity contribution in [3.05, 3.63) is 112 Å². The van der Waals surface area contributed by atoms with Gasteiger partial charge in [-0.1, -0.05) is 96.5 Å². The van der Waals surface area contributed by atoms with Crippen LogP contribution in [0.1, 0.15) is 66.3 Å². The Balaban J connectivity index is 1.39. The molecule has 0 saturated carbocycles. The summed E-state index contributed by atoms with van der Waals surface area (Å²) >= 11 is 1.54. The number of para-hydroxylation sites is 1. The van der Waals surface area contributed by atoms with Gasteiger partial charge in [-0.05, 0) is 62.4 Å². The van der Waals surface area contributed by atoms with Gasteiger partial charge in [-0.3, -0.25) is 19.4 Å². The lowest BCUT2D eigenvalue weighted by Gasteiger charge is -2.42. The van der Waals surface area contributed by atoms with Gasteiger partial charge >= 0.3 is 0 Å². The number of nitrogens with one attached hydrogen (secondary N) is 1. The molecule has 0 radical (unpaired) electrons. The van der Waals surface area contributed by atoms with Crippen molar-refractivity contribution < 1.29 is 9.59 Å². The highest BCUT2D eigenvalue weighted by molar-refractivity contribution is 8.16. The Kier molecular flexibility index (Phi) is 5.82. The predicted octanol–water partition coefficient (Wildman–Crippen LogP) is 6.51. The van der Waals surface area contributed by atoms with Crippen molar-refractivity contribution in [2.24, 2.45) is 4.99 Å². The lowest BCUT2D eigenvalue weighted by atomic mass is 9.71. The zero-order valence-electron chi connectivity index (χ0n) is 24.0. The number of allylic oxidation sites excluding steroid dienone is 1. The molecule has 4 atom stereocenters. The molecule has 2 saturated heterocycles. The molecule has 3 aromatic carbocycles. The molecule has 4 heterocycles. The van der Waals surface area contributed by atoms with E-state index in [9.17, 15) is 4.79 Å². The van der Waals surface area contributed by atoms with Crippen molar-refractivity contribution in [2.45, 2.75) is 61.3 Å². The number of rotatable bonds is 2. The molecule has 1 aliphatic carbocycles. The van der Waals surface area contributed by atoms with Crippen molar-refractivity contribution in [3.63, 3.8) is 0 Å². The Labute approximate surface area is 250 Å². The molecule has 212 valence electrons. The molecule has 2 amide bonds. The molecule has 5 aliphatic rings. The van der Waals surface area contributed by atoms with Gasteiger partial charge in [0.1, 0.15) is 4.75 Å². The quantitative estimate of drug-likeness (QED) is 0.379. The SMILES string of the molecule is Cc1ccc([C@@H]2CN(C)[C@]3(C(=O)Nc4ccccc43)[C@]23SC2=NC4=C(CCCCC4)[C@H](c4ccccc4)N2C3=O)cc1. The number of likely N-dealkylation sites (N-methyl/N-ethyl adjacent to an activating group) is 1. The van der Waals surface area contributed by atoms with Crippen molar-refractivity contribution in [3.8, 4) is 0 Å². The van der Waals surface area contributed by atoms with E-state index in [2.05, 4.69) is 65.7 Å².